The first kappa shape index (κ1) is 17.7. The SMILES string of the molecule is C[C@@H](NC(=O)OC(C)(C)C)C(=O)NCCCN(C)C. The zero-order valence-electron chi connectivity index (χ0n) is 12.9. The zero-order chi connectivity index (χ0) is 15.1. The standard InChI is InChI=1S/C13H27N3O3/c1-10(15-12(18)19-13(2,3)4)11(17)14-8-7-9-16(5)6/h10H,7-9H2,1-6H3,(H,14,17)(H,15,18)/t10-/m1/s1. The van der Waals surface area contributed by atoms with Gasteiger partial charge in [0.1, 0.15) is 11.6 Å². The Bertz CT molecular complexity index is 298. The van der Waals surface area contributed by atoms with E-state index in [1.807, 2.05) is 14.1 Å². The third-order valence-corrected chi connectivity index (χ3v) is 2.21. The molecule has 0 spiro atoms. The van der Waals surface area contributed by atoms with Crippen LogP contribution in [0.1, 0.15) is 34.1 Å². The van der Waals surface area contributed by atoms with Crippen LogP contribution in [0.15, 0.2) is 0 Å². The number of hydrogen-bond donors (Lipinski definition) is 2. The van der Waals surface area contributed by atoms with Crippen molar-refractivity contribution >= 4 is 12.0 Å². The summed E-state index contributed by atoms with van der Waals surface area (Å²) in [5, 5.41) is 5.27. The van der Waals surface area contributed by atoms with Crippen LogP contribution in [0.25, 0.3) is 0 Å². The summed E-state index contributed by atoms with van der Waals surface area (Å²) in [6.07, 6.45) is 0.293. The van der Waals surface area contributed by atoms with Crippen LogP contribution in [0.2, 0.25) is 0 Å². The maximum absolute atomic E-state index is 11.7. The monoisotopic (exact) mass is 273 g/mol. The number of rotatable bonds is 6. The third-order valence-electron chi connectivity index (χ3n) is 2.21. The lowest BCUT2D eigenvalue weighted by Gasteiger charge is -2.21. The van der Waals surface area contributed by atoms with Crippen molar-refractivity contribution in [2.45, 2.75) is 45.8 Å². The molecular formula is C13H27N3O3. The van der Waals surface area contributed by atoms with Crippen LogP contribution in [0.5, 0.6) is 0 Å². The van der Waals surface area contributed by atoms with E-state index in [1.54, 1.807) is 27.7 Å². The number of carbonyl (C=O) groups is 2. The molecule has 0 radical (unpaired) electrons. The van der Waals surface area contributed by atoms with Gasteiger partial charge in [-0.15, -0.1) is 0 Å². The topological polar surface area (TPSA) is 70.7 Å². The van der Waals surface area contributed by atoms with Crippen molar-refractivity contribution in [3.63, 3.8) is 0 Å². The molecule has 0 aliphatic rings. The lowest BCUT2D eigenvalue weighted by atomic mass is 10.2. The van der Waals surface area contributed by atoms with Crippen LogP contribution in [-0.4, -0.2) is 55.7 Å². The van der Waals surface area contributed by atoms with Gasteiger partial charge in [-0.1, -0.05) is 0 Å². The summed E-state index contributed by atoms with van der Waals surface area (Å²) < 4.78 is 5.08. The number of carbonyl (C=O) groups excluding carboxylic acids is 2. The first-order valence-corrected chi connectivity index (χ1v) is 6.54. The van der Waals surface area contributed by atoms with E-state index in [1.165, 1.54) is 0 Å². The van der Waals surface area contributed by atoms with E-state index in [4.69, 9.17) is 4.74 Å². The maximum Gasteiger partial charge on any atom is 0.408 e. The molecule has 19 heavy (non-hydrogen) atoms. The molecule has 0 saturated carbocycles. The first-order chi connectivity index (χ1) is 8.61. The highest BCUT2D eigenvalue weighted by Gasteiger charge is 2.20. The molecule has 0 fully saturated rings. The van der Waals surface area contributed by atoms with Crippen molar-refractivity contribution in [1.29, 1.82) is 0 Å². The molecule has 2 amide bonds. The van der Waals surface area contributed by atoms with Gasteiger partial charge in [-0.2, -0.15) is 0 Å². The second-order valence-corrected chi connectivity index (χ2v) is 5.82. The number of ether oxygens (including phenoxy) is 1. The maximum atomic E-state index is 11.7. The number of hydrogen-bond acceptors (Lipinski definition) is 4. The van der Waals surface area contributed by atoms with Crippen LogP contribution in [0.3, 0.4) is 0 Å². The van der Waals surface area contributed by atoms with Gasteiger partial charge in [0.15, 0.2) is 0 Å². The van der Waals surface area contributed by atoms with Gasteiger partial charge in [-0.25, -0.2) is 4.79 Å². The Labute approximate surface area is 115 Å². The van der Waals surface area contributed by atoms with Crippen molar-refractivity contribution in [3.05, 3.63) is 0 Å². The quantitative estimate of drug-likeness (QED) is 0.707. The van der Waals surface area contributed by atoms with E-state index in [9.17, 15) is 9.59 Å². The molecule has 112 valence electrons. The zero-order valence-corrected chi connectivity index (χ0v) is 12.9. The molecule has 2 N–H and O–H groups in total. The molecule has 0 aliphatic carbocycles. The smallest absolute Gasteiger partial charge is 0.408 e. The van der Waals surface area contributed by atoms with Gasteiger partial charge in [-0.3, -0.25) is 4.79 Å². The van der Waals surface area contributed by atoms with Gasteiger partial charge in [-0.05, 0) is 54.8 Å². The average molecular weight is 273 g/mol. The fourth-order valence-corrected chi connectivity index (χ4v) is 1.31. The molecule has 0 aliphatic heterocycles. The Morgan fingerprint density at radius 2 is 1.84 bits per heavy atom. The van der Waals surface area contributed by atoms with Crippen LogP contribution in [-0.2, 0) is 9.53 Å². The lowest BCUT2D eigenvalue weighted by Crippen LogP contribution is -2.46. The molecule has 0 unspecified atom stereocenters. The summed E-state index contributed by atoms with van der Waals surface area (Å²) in [6.45, 7) is 8.46. The summed E-state index contributed by atoms with van der Waals surface area (Å²) >= 11 is 0. The Morgan fingerprint density at radius 1 is 1.26 bits per heavy atom. The van der Waals surface area contributed by atoms with Gasteiger partial charge < -0.3 is 20.3 Å². The van der Waals surface area contributed by atoms with Crippen molar-refractivity contribution in [3.8, 4) is 0 Å². The highest BCUT2D eigenvalue weighted by molar-refractivity contribution is 5.85. The second-order valence-electron chi connectivity index (χ2n) is 5.82. The highest BCUT2D eigenvalue weighted by Crippen LogP contribution is 2.06. The lowest BCUT2D eigenvalue weighted by molar-refractivity contribution is -0.122. The summed E-state index contributed by atoms with van der Waals surface area (Å²) in [7, 11) is 3.96. The van der Waals surface area contributed by atoms with Crippen LogP contribution in [0.4, 0.5) is 4.79 Å². The fourth-order valence-electron chi connectivity index (χ4n) is 1.31. The molecule has 0 rings (SSSR count). The molecule has 0 aromatic carbocycles. The van der Waals surface area contributed by atoms with Gasteiger partial charge in [0.2, 0.25) is 5.91 Å². The average Bonchev–Trinajstić information content (AvgIpc) is 2.20. The van der Waals surface area contributed by atoms with E-state index >= 15 is 0 Å². The van der Waals surface area contributed by atoms with E-state index in [0.717, 1.165) is 13.0 Å². The molecule has 0 aromatic heterocycles. The van der Waals surface area contributed by atoms with Crippen LogP contribution >= 0.6 is 0 Å². The Balaban J connectivity index is 3.90. The minimum absolute atomic E-state index is 0.204. The Kier molecular flexibility index (Phi) is 7.44. The number of amides is 2. The summed E-state index contributed by atoms with van der Waals surface area (Å²) in [5.41, 5.74) is -0.564. The van der Waals surface area contributed by atoms with Crippen molar-refractivity contribution in [1.82, 2.24) is 15.5 Å². The summed E-state index contributed by atoms with van der Waals surface area (Å²) in [6, 6.07) is -0.603. The van der Waals surface area contributed by atoms with Crippen LogP contribution in [0, 0.1) is 0 Å². The molecule has 0 bridgehead atoms. The van der Waals surface area contributed by atoms with Gasteiger partial charge in [0, 0.05) is 6.54 Å². The largest absolute Gasteiger partial charge is 0.444 e. The minimum Gasteiger partial charge on any atom is -0.444 e. The molecular weight excluding hydrogens is 246 g/mol. The second kappa shape index (κ2) is 7.99. The molecule has 6 heteroatoms. The molecule has 0 aromatic rings. The molecule has 0 heterocycles. The van der Waals surface area contributed by atoms with Gasteiger partial charge in [0.25, 0.3) is 0 Å². The van der Waals surface area contributed by atoms with Crippen molar-refractivity contribution in [2.24, 2.45) is 0 Å². The normalized spacial score (nSPS) is 13.0. The Hall–Kier alpha value is -1.30. The molecule has 6 nitrogen and oxygen atoms in total. The number of nitrogens with one attached hydrogen (secondary N) is 2. The first-order valence-electron chi connectivity index (χ1n) is 6.54. The fraction of sp³-hybridized carbons (Fsp3) is 0.846. The Morgan fingerprint density at radius 3 is 2.32 bits per heavy atom. The van der Waals surface area contributed by atoms with Gasteiger partial charge in [0.05, 0.1) is 0 Å². The third kappa shape index (κ3) is 10.3. The molecule has 0 saturated heterocycles. The van der Waals surface area contributed by atoms with E-state index in [0.29, 0.717) is 6.54 Å². The summed E-state index contributed by atoms with van der Waals surface area (Å²) in [5.74, 6) is -0.204. The van der Waals surface area contributed by atoms with E-state index in [2.05, 4.69) is 15.5 Å². The van der Waals surface area contributed by atoms with Crippen molar-refractivity contribution in [2.75, 3.05) is 27.2 Å². The predicted octanol–water partition coefficient (Wildman–Crippen LogP) is 0.968. The van der Waals surface area contributed by atoms with Crippen molar-refractivity contribution < 1.29 is 14.3 Å². The minimum atomic E-state index is -0.603. The summed E-state index contributed by atoms with van der Waals surface area (Å²) in [4.78, 5) is 25.2. The van der Waals surface area contributed by atoms with E-state index in [-0.39, 0.29) is 5.91 Å². The van der Waals surface area contributed by atoms with Gasteiger partial charge >= 0.3 is 6.09 Å². The predicted molar refractivity (Wildman–Crippen MR) is 75.0 cm³/mol. The van der Waals surface area contributed by atoms with Crippen LogP contribution < -0.4 is 10.6 Å². The number of alkyl carbamates (subject to hydrolysis) is 1. The number of nitrogens with zero attached hydrogens (tertiary/aromatic N) is 1. The highest BCUT2D eigenvalue weighted by atomic mass is 16.6. The van der Waals surface area contributed by atoms with E-state index < -0.39 is 17.7 Å². The molecule has 1 atom stereocenters.